The van der Waals surface area contributed by atoms with Gasteiger partial charge < -0.3 is 10.4 Å². The SMILES string of the molecule is O=C(C=Cc1ccccc1Br)Nc1ccc(C(=O)O)cn1. The molecule has 2 N–H and O–H groups in total. The number of benzene rings is 1. The van der Waals surface area contributed by atoms with E-state index in [0.717, 1.165) is 10.0 Å². The van der Waals surface area contributed by atoms with Crippen LogP contribution in [-0.2, 0) is 4.79 Å². The number of carbonyl (C=O) groups excluding carboxylic acids is 1. The zero-order valence-electron chi connectivity index (χ0n) is 10.8. The van der Waals surface area contributed by atoms with Gasteiger partial charge >= 0.3 is 5.97 Å². The number of carboxylic acid groups (broad SMARTS) is 1. The maximum atomic E-state index is 11.7. The number of hydrogen-bond acceptors (Lipinski definition) is 3. The molecule has 106 valence electrons. The number of carbonyl (C=O) groups is 2. The number of aromatic nitrogens is 1. The highest BCUT2D eigenvalue weighted by Crippen LogP contribution is 2.17. The van der Waals surface area contributed by atoms with E-state index in [0.29, 0.717) is 5.82 Å². The molecular formula is C15H11BrN2O3. The number of amides is 1. The highest BCUT2D eigenvalue weighted by molar-refractivity contribution is 9.10. The van der Waals surface area contributed by atoms with Gasteiger partial charge in [-0.05, 0) is 29.8 Å². The van der Waals surface area contributed by atoms with Crippen molar-refractivity contribution >= 4 is 39.7 Å². The molecule has 1 aromatic carbocycles. The van der Waals surface area contributed by atoms with Crippen LogP contribution in [0, 0.1) is 0 Å². The molecule has 0 unspecified atom stereocenters. The van der Waals surface area contributed by atoms with Crippen molar-refractivity contribution in [2.75, 3.05) is 5.32 Å². The first-order valence-corrected chi connectivity index (χ1v) is 6.78. The van der Waals surface area contributed by atoms with Gasteiger partial charge in [-0.15, -0.1) is 0 Å². The number of nitrogens with one attached hydrogen (secondary N) is 1. The summed E-state index contributed by atoms with van der Waals surface area (Å²) in [4.78, 5) is 26.3. The minimum Gasteiger partial charge on any atom is -0.478 e. The van der Waals surface area contributed by atoms with Crippen molar-refractivity contribution in [1.82, 2.24) is 4.98 Å². The van der Waals surface area contributed by atoms with E-state index in [-0.39, 0.29) is 11.5 Å². The van der Waals surface area contributed by atoms with Gasteiger partial charge in [0.05, 0.1) is 5.56 Å². The van der Waals surface area contributed by atoms with Crippen LogP contribution in [0.25, 0.3) is 6.08 Å². The molecule has 6 heteroatoms. The molecule has 1 amide bonds. The molecule has 2 aromatic rings. The third-order valence-corrected chi connectivity index (χ3v) is 3.30. The minimum atomic E-state index is -1.06. The molecule has 0 saturated carbocycles. The van der Waals surface area contributed by atoms with E-state index in [9.17, 15) is 9.59 Å². The van der Waals surface area contributed by atoms with Crippen LogP contribution in [0.3, 0.4) is 0 Å². The quantitative estimate of drug-likeness (QED) is 0.833. The molecule has 0 spiro atoms. The molecule has 0 radical (unpaired) electrons. The number of carboxylic acids is 1. The second-order valence-corrected chi connectivity index (χ2v) is 4.94. The summed E-state index contributed by atoms with van der Waals surface area (Å²) in [6, 6.07) is 10.3. The molecule has 2 rings (SSSR count). The molecule has 0 saturated heterocycles. The third kappa shape index (κ3) is 4.25. The Kier molecular flexibility index (Phi) is 4.84. The van der Waals surface area contributed by atoms with Crippen LogP contribution < -0.4 is 5.32 Å². The van der Waals surface area contributed by atoms with E-state index in [4.69, 9.17) is 5.11 Å². The number of nitrogens with zero attached hydrogens (tertiary/aromatic N) is 1. The second-order valence-electron chi connectivity index (χ2n) is 4.08. The molecule has 1 aromatic heterocycles. The van der Waals surface area contributed by atoms with Gasteiger partial charge in [-0.1, -0.05) is 34.1 Å². The zero-order valence-corrected chi connectivity index (χ0v) is 12.4. The van der Waals surface area contributed by atoms with Crippen molar-refractivity contribution in [2.24, 2.45) is 0 Å². The van der Waals surface area contributed by atoms with Gasteiger partial charge in [0.2, 0.25) is 5.91 Å². The molecule has 0 bridgehead atoms. The molecule has 0 aliphatic rings. The van der Waals surface area contributed by atoms with Gasteiger partial charge in [0, 0.05) is 16.7 Å². The first-order chi connectivity index (χ1) is 10.1. The van der Waals surface area contributed by atoms with Gasteiger partial charge in [0.1, 0.15) is 5.82 Å². The summed E-state index contributed by atoms with van der Waals surface area (Å²) in [6.07, 6.45) is 4.24. The van der Waals surface area contributed by atoms with Gasteiger partial charge in [-0.3, -0.25) is 4.79 Å². The smallest absolute Gasteiger partial charge is 0.337 e. The van der Waals surface area contributed by atoms with Crippen LogP contribution in [0.2, 0.25) is 0 Å². The van der Waals surface area contributed by atoms with Gasteiger partial charge in [-0.2, -0.15) is 0 Å². The number of anilines is 1. The molecule has 5 nitrogen and oxygen atoms in total. The van der Waals surface area contributed by atoms with E-state index in [1.807, 2.05) is 24.3 Å². The fraction of sp³-hybridized carbons (Fsp3) is 0. The Bertz CT molecular complexity index is 696. The number of aromatic carboxylic acids is 1. The Hall–Kier alpha value is -2.47. The fourth-order valence-electron chi connectivity index (χ4n) is 1.54. The lowest BCUT2D eigenvalue weighted by molar-refractivity contribution is -0.111. The molecule has 1 heterocycles. The van der Waals surface area contributed by atoms with Crippen LogP contribution in [0.15, 0.2) is 53.1 Å². The van der Waals surface area contributed by atoms with Crippen LogP contribution in [0.1, 0.15) is 15.9 Å². The summed E-state index contributed by atoms with van der Waals surface area (Å²) in [6.45, 7) is 0. The van der Waals surface area contributed by atoms with E-state index in [1.54, 1.807) is 6.08 Å². The molecule has 0 atom stereocenters. The monoisotopic (exact) mass is 346 g/mol. The van der Waals surface area contributed by atoms with Crippen LogP contribution in [-0.4, -0.2) is 22.0 Å². The van der Waals surface area contributed by atoms with E-state index in [1.165, 1.54) is 24.4 Å². The van der Waals surface area contributed by atoms with Crippen LogP contribution in [0.4, 0.5) is 5.82 Å². The van der Waals surface area contributed by atoms with Crippen molar-refractivity contribution in [3.05, 3.63) is 64.3 Å². The Balaban J connectivity index is 2.02. The van der Waals surface area contributed by atoms with E-state index < -0.39 is 5.97 Å². The topological polar surface area (TPSA) is 79.3 Å². The average Bonchev–Trinajstić information content (AvgIpc) is 2.47. The second kappa shape index (κ2) is 6.81. The van der Waals surface area contributed by atoms with Crippen LogP contribution >= 0.6 is 15.9 Å². The first kappa shape index (κ1) is 14.9. The standard InChI is InChI=1S/C15H11BrN2O3/c16-12-4-2-1-3-10(12)6-8-14(19)18-13-7-5-11(9-17-13)15(20)21/h1-9H,(H,20,21)(H,17,18,19). The van der Waals surface area contributed by atoms with Gasteiger partial charge in [0.25, 0.3) is 0 Å². The van der Waals surface area contributed by atoms with Crippen molar-refractivity contribution in [2.45, 2.75) is 0 Å². The van der Waals surface area contributed by atoms with Crippen LogP contribution in [0.5, 0.6) is 0 Å². The Morgan fingerprint density at radius 1 is 1.19 bits per heavy atom. The summed E-state index contributed by atoms with van der Waals surface area (Å²) in [5.74, 6) is -1.11. The van der Waals surface area contributed by atoms with E-state index >= 15 is 0 Å². The Morgan fingerprint density at radius 2 is 1.95 bits per heavy atom. The molecule has 0 aliphatic carbocycles. The highest BCUT2D eigenvalue weighted by Gasteiger charge is 2.04. The summed E-state index contributed by atoms with van der Waals surface area (Å²) < 4.78 is 0.887. The predicted octanol–water partition coefficient (Wildman–Crippen LogP) is 3.19. The Morgan fingerprint density at radius 3 is 2.57 bits per heavy atom. The first-order valence-electron chi connectivity index (χ1n) is 5.99. The minimum absolute atomic E-state index is 0.0664. The zero-order chi connectivity index (χ0) is 15.2. The summed E-state index contributed by atoms with van der Waals surface area (Å²) in [5.41, 5.74) is 0.943. The molecule has 21 heavy (non-hydrogen) atoms. The summed E-state index contributed by atoms with van der Waals surface area (Å²) in [5, 5.41) is 11.3. The normalized spacial score (nSPS) is 10.5. The predicted molar refractivity (Wildman–Crippen MR) is 83.0 cm³/mol. The molecular weight excluding hydrogens is 336 g/mol. The fourth-order valence-corrected chi connectivity index (χ4v) is 1.95. The lowest BCUT2D eigenvalue weighted by Crippen LogP contribution is -2.09. The molecule has 0 aliphatic heterocycles. The van der Waals surface area contributed by atoms with Crippen molar-refractivity contribution in [3.8, 4) is 0 Å². The third-order valence-electron chi connectivity index (χ3n) is 2.58. The summed E-state index contributed by atoms with van der Waals surface area (Å²) in [7, 11) is 0. The lowest BCUT2D eigenvalue weighted by Gasteiger charge is -2.01. The number of hydrogen-bond donors (Lipinski definition) is 2. The number of rotatable bonds is 4. The Labute approximate surface area is 129 Å². The maximum absolute atomic E-state index is 11.7. The maximum Gasteiger partial charge on any atom is 0.337 e. The van der Waals surface area contributed by atoms with E-state index in [2.05, 4.69) is 26.2 Å². The highest BCUT2D eigenvalue weighted by atomic mass is 79.9. The van der Waals surface area contributed by atoms with Crippen molar-refractivity contribution in [3.63, 3.8) is 0 Å². The summed E-state index contributed by atoms with van der Waals surface area (Å²) >= 11 is 3.38. The number of halogens is 1. The molecule has 0 fully saturated rings. The van der Waals surface area contributed by atoms with Gasteiger partial charge in [0.15, 0.2) is 0 Å². The average molecular weight is 347 g/mol. The van der Waals surface area contributed by atoms with Crippen molar-refractivity contribution < 1.29 is 14.7 Å². The van der Waals surface area contributed by atoms with Gasteiger partial charge in [-0.25, -0.2) is 9.78 Å². The lowest BCUT2D eigenvalue weighted by atomic mass is 10.2. The largest absolute Gasteiger partial charge is 0.478 e. The number of pyridine rings is 1. The van der Waals surface area contributed by atoms with Crippen molar-refractivity contribution in [1.29, 1.82) is 0 Å².